The normalized spacial score (nSPS) is 14.8. The van der Waals surface area contributed by atoms with Crippen LogP contribution < -0.4 is 5.73 Å². The molecule has 14 heavy (non-hydrogen) atoms. The molecular formula is C12H26N2. The van der Waals surface area contributed by atoms with Crippen molar-refractivity contribution in [1.29, 1.82) is 0 Å². The Labute approximate surface area is 89.0 Å². The first-order valence-corrected chi connectivity index (χ1v) is 5.88. The number of nitrogens with zero attached hydrogens (tertiary/aromatic N) is 1. The monoisotopic (exact) mass is 198 g/mol. The maximum Gasteiger partial charge on any atom is 0.0940 e. The lowest BCUT2D eigenvalue weighted by Gasteiger charge is -2.09. The van der Waals surface area contributed by atoms with Gasteiger partial charge in [0, 0.05) is 12.5 Å². The number of aliphatic imine (C=N–C) groups is 1. The number of amidine groups is 1. The predicted octanol–water partition coefficient (Wildman–Crippen LogP) is 3.36. The van der Waals surface area contributed by atoms with Crippen LogP contribution in [0.4, 0.5) is 0 Å². The van der Waals surface area contributed by atoms with Crippen molar-refractivity contribution in [3.05, 3.63) is 0 Å². The Hall–Kier alpha value is -0.530. The van der Waals surface area contributed by atoms with Crippen molar-refractivity contribution >= 4 is 5.84 Å². The molecule has 2 N–H and O–H groups in total. The van der Waals surface area contributed by atoms with Crippen molar-refractivity contribution in [3.63, 3.8) is 0 Å². The van der Waals surface area contributed by atoms with Crippen molar-refractivity contribution in [2.75, 3.05) is 0 Å². The Kier molecular flexibility index (Phi) is 7.54. The van der Waals surface area contributed by atoms with E-state index in [1.165, 1.54) is 19.3 Å². The molecule has 0 heterocycles. The summed E-state index contributed by atoms with van der Waals surface area (Å²) < 4.78 is 0. The van der Waals surface area contributed by atoms with E-state index in [9.17, 15) is 0 Å². The maximum atomic E-state index is 5.77. The van der Waals surface area contributed by atoms with E-state index in [2.05, 4.69) is 32.7 Å². The fraction of sp³-hybridized carbons (Fsp3) is 0.917. The molecule has 1 atom stereocenters. The van der Waals surface area contributed by atoms with E-state index >= 15 is 0 Å². The molecule has 0 saturated carbocycles. The highest BCUT2D eigenvalue weighted by Gasteiger charge is 2.01. The van der Waals surface area contributed by atoms with Gasteiger partial charge >= 0.3 is 0 Å². The second kappa shape index (κ2) is 7.84. The molecule has 84 valence electrons. The Bertz CT molecular complexity index is 162. The molecule has 0 aromatic heterocycles. The first-order valence-electron chi connectivity index (χ1n) is 5.88. The van der Waals surface area contributed by atoms with Crippen LogP contribution in [0.3, 0.4) is 0 Å². The van der Waals surface area contributed by atoms with Crippen LogP contribution in [0.25, 0.3) is 0 Å². The first kappa shape index (κ1) is 13.5. The van der Waals surface area contributed by atoms with Crippen LogP contribution in [0.2, 0.25) is 0 Å². The second-order valence-corrected chi connectivity index (χ2v) is 4.54. The fourth-order valence-electron chi connectivity index (χ4n) is 1.49. The van der Waals surface area contributed by atoms with Crippen LogP contribution in [-0.2, 0) is 0 Å². The van der Waals surface area contributed by atoms with Crippen molar-refractivity contribution < 1.29 is 0 Å². The fourth-order valence-corrected chi connectivity index (χ4v) is 1.49. The molecule has 0 aromatic carbocycles. The van der Waals surface area contributed by atoms with Gasteiger partial charge in [-0.3, -0.25) is 4.99 Å². The molecule has 0 aromatic rings. The predicted molar refractivity (Wildman–Crippen MR) is 64.7 cm³/mol. The van der Waals surface area contributed by atoms with Gasteiger partial charge in [0.2, 0.25) is 0 Å². The van der Waals surface area contributed by atoms with E-state index < -0.39 is 0 Å². The number of nitrogens with two attached hydrogens (primary N) is 1. The lowest BCUT2D eigenvalue weighted by atomic mass is 10.0. The summed E-state index contributed by atoms with van der Waals surface area (Å²) in [6.07, 6.45) is 5.76. The highest BCUT2D eigenvalue weighted by Crippen LogP contribution is 2.10. The molecule has 0 saturated heterocycles. The molecule has 0 spiro atoms. The summed E-state index contributed by atoms with van der Waals surface area (Å²) in [7, 11) is 0. The average Bonchev–Trinajstić information content (AvgIpc) is 2.03. The minimum Gasteiger partial charge on any atom is -0.387 e. The van der Waals surface area contributed by atoms with Gasteiger partial charge in [0.15, 0.2) is 0 Å². The Balaban J connectivity index is 3.63. The number of rotatable bonds is 7. The van der Waals surface area contributed by atoms with E-state index in [4.69, 9.17) is 5.73 Å². The van der Waals surface area contributed by atoms with Gasteiger partial charge in [0.1, 0.15) is 0 Å². The average molecular weight is 198 g/mol. The van der Waals surface area contributed by atoms with Crippen molar-refractivity contribution in [1.82, 2.24) is 0 Å². The zero-order valence-electron chi connectivity index (χ0n) is 10.2. The van der Waals surface area contributed by atoms with Crippen molar-refractivity contribution in [2.24, 2.45) is 16.6 Å². The van der Waals surface area contributed by atoms with E-state index in [1.54, 1.807) is 0 Å². The quantitative estimate of drug-likeness (QED) is 0.494. The third-order valence-corrected chi connectivity index (χ3v) is 2.30. The Morgan fingerprint density at radius 3 is 2.36 bits per heavy atom. The van der Waals surface area contributed by atoms with Gasteiger partial charge in [-0.1, -0.05) is 33.6 Å². The van der Waals surface area contributed by atoms with Gasteiger partial charge in [-0.2, -0.15) is 0 Å². The molecule has 0 aliphatic carbocycles. The van der Waals surface area contributed by atoms with Crippen LogP contribution in [0, 0.1) is 5.92 Å². The van der Waals surface area contributed by atoms with Crippen molar-refractivity contribution in [3.8, 4) is 0 Å². The van der Waals surface area contributed by atoms with Crippen LogP contribution in [0.15, 0.2) is 4.99 Å². The van der Waals surface area contributed by atoms with E-state index in [-0.39, 0.29) is 0 Å². The van der Waals surface area contributed by atoms with Crippen LogP contribution in [0.5, 0.6) is 0 Å². The molecule has 0 bridgehead atoms. The summed E-state index contributed by atoms with van der Waals surface area (Å²) in [5, 5.41) is 0. The standard InChI is InChI=1S/C12H26N2/c1-5-7-12(13)14-11(4)9-6-8-10(2)3/h10-11H,5-9H2,1-4H3,(H2,13,14). The smallest absolute Gasteiger partial charge is 0.0940 e. The molecule has 0 aliphatic heterocycles. The lowest BCUT2D eigenvalue weighted by Crippen LogP contribution is -2.14. The first-order chi connectivity index (χ1) is 6.56. The summed E-state index contributed by atoms with van der Waals surface area (Å²) in [6, 6.07) is 0.403. The minimum absolute atomic E-state index is 0.403. The molecule has 0 rings (SSSR count). The summed E-state index contributed by atoms with van der Waals surface area (Å²) >= 11 is 0. The van der Waals surface area contributed by atoms with Gasteiger partial charge < -0.3 is 5.73 Å². The topological polar surface area (TPSA) is 38.4 Å². The summed E-state index contributed by atoms with van der Waals surface area (Å²) in [5.74, 6) is 1.63. The van der Waals surface area contributed by atoms with Crippen molar-refractivity contribution in [2.45, 2.75) is 65.8 Å². The highest BCUT2D eigenvalue weighted by atomic mass is 14.9. The Morgan fingerprint density at radius 1 is 1.21 bits per heavy atom. The molecule has 0 radical (unpaired) electrons. The van der Waals surface area contributed by atoms with Crippen LogP contribution in [0.1, 0.15) is 59.8 Å². The number of hydrogen-bond donors (Lipinski definition) is 1. The van der Waals surface area contributed by atoms with Gasteiger partial charge in [0.05, 0.1) is 5.84 Å². The largest absolute Gasteiger partial charge is 0.387 e. The van der Waals surface area contributed by atoms with Crippen LogP contribution >= 0.6 is 0 Å². The van der Waals surface area contributed by atoms with Gasteiger partial charge in [-0.25, -0.2) is 0 Å². The maximum absolute atomic E-state index is 5.77. The summed E-state index contributed by atoms with van der Waals surface area (Å²) in [5.41, 5.74) is 5.77. The van der Waals surface area contributed by atoms with Gasteiger partial charge in [0.25, 0.3) is 0 Å². The molecule has 0 aliphatic rings. The Morgan fingerprint density at radius 2 is 1.86 bits per heavy atom. The molecule has 0 amide bonds. The lowest BCUT2D eigenvalue weighted by molar-refractivity contribution is 0.511. The molecule has 2 nitrogen and oxygen atoms in total. The summed E-state index contributed by atoms with van der Waals surface area (Å²) in [6.45, 7) is 8.81. The highest BCUT2D eigenvalue weighted by molar-refractivity contribution is 5.80. The molecule has 1 unspecified atom stereocenters. The second-order valence-electron chi connectivity index (χ2n) is 4.54. The minimum atomic E-state index is 0.403. The van der Waals surface area contributed by atoms with Gasteiger partial charge in [-0.15, -0.1) is 0 Å². The van der Waals surface area contributed by atoms with E-state index in [0.717, 1.165) is 24.6 Å². The summed E-state index contributed by atoms with van der Waals surface area (Å²) in [4.78, 5) is 4.46. The zero-order valence-corrected chi connectivity index (χ0v) is 10.2. The van der Waals surface area contributed by atoms with E-state index in [0.29, 0.717) is 6.04 Å². The third-order valence-electron chi connectivity index (χ3n) is 2.30. The zero-order chi connectivity index (χ0) is 11.0. The SMILES string of the molecule is CCCC(N)=NC(C)CCCC(C)C. The molecule has 0 fully saturated rings. The van der Waals surface area contributed by atoms with E-state index in [1.807, 2.05) is 0 Å². The third kappa shape index (κ3) is 8.09. The van der Waals surface area contributed by atoms with Gasteiger partial charge in [-0.05, 0) is 25.7 Å². The molecule has 2 heteroatoms. The van der Waals surface area contributed by atoms with Crippen LogP contribution in [-0.4, -0.2) is 11.9 Å². The molecular weight excluding hydrogens is 172 g/mol. The number of hydrogen-bond acceptors (Lipinski definition) is 1.